The van der Waals surface area contributed by atoms with Crippen LogP contribution in [0, 0.1) is 0 Å². The molecule has 0 aliphatic rings. The van der Waals surface area contributed by atoms with Crippen molar-refractivity contribution in [3.8, 4) is 0 Å². The summed E-state index contributed by atoms with van der Waals surface area (Å²) >= 11 is 13.8. The van der Waals surface area contributed by atoms with Gasteiger partial charge in [-0.25, -0.2) is 0 Å². The van der Waals surface area contributed by atoms with Crippen LogP contribution < -0.4 is 0 Å². The fourth-order valence-corrected chi connectivity index (χ4v) is 6.68. The zero-order valence-electron chi connectivity index (χ0n) is 32.0. The Bertz CT molecular complexity index is 1120. The average Bonchev–Trinajstić information content (AvgIpc) is 3.63. The molecule has 0 saturated heterocycles. The van der Waals surface area contributed by atoms with Crippen LogP contribution >= 0.6 is 37.9 Å². The van der Waals surface area contributed by atoms with Gasteiger partial charge in [0.2, 0.25) is 0 Å². The van der Waals surface area contributed by atoms with E-state index in [4.69, 9.17) is 30.2 Å². The number of unbranched alkanes of at least 4 members (excludes halogenated alkanes) is 18. The standard InChI is InChI=1S/C37H70N10S3/c1-5-8-11-14-17-20-23-26-38-33(40-39-32(4)48)29-45(30-34-41-43-36(49)46(34)27-24-21-18-15-12-9-6-2)31-35-42-44-37(50)47(35)28-25-22-19-16-13-10-7-3/h32,48H,5-31H2,1-4H3,(H,43,49)(H,44,50)/b38-33+,40-39-. The summed E-state index contributed by atoms with van der Waals surface area (Å²) < 4.78 is 4.31. The lowest BCUT2D eigenvalue weighted by Crippen LogP contribution is -2.31. The summed E-state index contributed by atoms with van der Waals surface area (Å²) in [6, 6.07) is 0. The van der Waals surface area contributed by atoms with Crippen molar-refractivity contribution in [1.82, 2.24) is 34.4 Å². The van der Waals surface area contributed by atoms with Gasteiger partial charge in [-0.3, -0.25) is 9.89 Å². The minimum absolute atomic E-state index is 0.208. The van der Waals surface area contributed by atoms with Crippen LogP contribution in [-0.2, 0) is 26.2 Å². The summed E-state index contributed by atoms with van der Waals surface area (Å²) in [6.07, 6.45) is 26.2. The Hall–Kier alpha value is -1.44. The first-order chi connectivity index (χ1) is 24.4. The maximum absolute atomic E-state index is 4.96. The highest BCUT2D eigenvalue weighted by Gasteiger charge is 2.20. The van der Waals surface area contributed by atoms with Crippen LogP contribution in [0.3, 0.4) is 0 Å². The maximum Gasteiger partial charge on any atom is 0.188 e. The third kappa shape index (κ3) is 20.0. The predicted molar refractivity (Wildman–Crippen MR) is 218 cm³/mol. The molecule has 0 bridgehead atoms. The minimum atomic E-state index is -0.208. The molecular weight excluding hydrogens is 681 g/mol. The Morgan fingerprint density at radius 3 is 1.42 bits per heavy atom. The van der Waals surface area contributed by atoms with Gasteiger partial charge in [0.05, 0.1) is 19.6 Å². The van der Waals surface area contributed by atoms with Gasteiger partial charge >= 0.3 is 0 Å². The Morgan fingerprint density at radius 1 is 0.600 bits per heavy atom. The van der Waals surface area contributed by atoms with E-state index in [1.165, 1.54) is 116 Å². The van der Waals surface area contributed by atoms with Gasteiger partial charge in [0.25, 0.3) is 0 Å². The fourth-order valence-electron chi connectivity index (χ4n) is 6.11. The van der Waals surface area contributed by atoms with Crippen molar-refractivity contribution >= 4 is 43.7 Å². The number of aromatic nitrogens is 6. The molecule has 2 heterocycles. The number of aliphatic imine (C=N–C) groups is 1. The molecule has 50 heavy (non-hydrogen) atoms. The number of thiol groups is 3. The zero-order valence-corrected chi connectivity index (χ0v) is 34.7. The number of azo groups is 1. The molecule has 0 aliphatic carbocycles. The molecule has 1 atom stereocenters. The van der Waals surface area contributed by atoms with E-state index in [2.05, 4.69) is 78.1 Å². The van der Waals surface area contributed by atoms with Gasteiger partial charge in [-0.2, -0.15) is 17.7 Å². The molecule has 0 fully saturated rings. The highest BCUT2D eigenvalue weighted by atomic mass is 32.1. The first kappa shape index (κ1) is 44.7. The number of hydrogen-bond acceptors (Lipinski definition) is 10. The summed E-state index contributed by atoms with van der Waals surface area (Å²) in [7, 11) is 0. The highest BCUT2D eigenvalue weighted by Crippen LogP contribution is 2.18. The number of rotatable bonds is 31. The number of hydrogen-bond donors (Lipinski definition) is 3. The average molecular weight is 751 g/mol. The summed E-state index contributed by atoms with van der Waals surface area (Å²) in [6.45, 7) is 12.8. The molecule has 0 amide bonds. The van der Waals surface area contributed by atoms with Crippen LogP contribution in [0.1, 0.15) is 174 Å². The van der Waals surface area contributed by atoms with Crippen molar-refractivity contribution < 1.29 is 0 Å². The number of amidine groups is 1. The quantitative estimate of drug-likeness (QED) is 0.0234. The molecule has 1 unspecified atom stereocenters. The lowest BCUT2D eigenvalue weighted by Gasteiger charge is -2.22. The third-order valence-corrected chi connectivity index (χ3v) is 9.84. The molecule has 13 heteroatoms. The third-order valence-electron chi connectivity index (χ3n) is 9.08. The molecule has 0 aliphatic heterocycles. The van der Waals surface area contributed by atoms with Crippen LogP contribution in [0.2, 0.25) is 0 Å². The van der Waals surface area contributed by atoms with Gasteiger partial charge in [0.15, 0.2) is 16.1 Å². The predicted octanol–water partition coefficient (Wildman–Crippen LogP) is 10.8. The van der Waals surface area contributed by atoms with Gasteiger partial charge in [-0.15, -0.1) is 50.8 Å². The van der Waals surface area contributed by atoms with Crippen LogP contribution in [-0.4, -0.2) is 58.7 Å². The molecule has 0 spiro atoms. The van der Waals surface area contributed by atoms with Crippen molar-refractivity contribution in [3.05, 3.63) is 11.6 Å². The van der Waals surface area contributed by atoms with Gasteiger partial charge in [-0.05, 0) is 26.2 Å². The molecule has 0 N–H and O–H groups in total. The summed E-state index contributed by atoms with van der Waals surface area (Å²) in [5, 5.41) is 28.0. The Kier molecular flexibility index (Phi) is 26.0. The maximum atomic E-state index is 4.96. The van der Waals surface area contributed by atoms with E-state index in [9.17, 15) is 0 Å². The monoisotopic (exact) mass is 750 g/mol. The normalized spacial score (nSPS) is 13.0. The van der Waals surface area contributed by atoms with Crippen LogP contribution in [0.4, 0.5) is 0 Å². The molecule has 2 aromatic rings. The van der Waals surface area contributed by atoms with Gasteiger partial charge in [-0.1, -0.05) is 136 Å². The van der Waals surface area contributed by atoms with E-state index in [0.717, 1.165) is 50.5 Å². The lowest BCUT2D eigenvalue weighted by atomic mass is 10.1. The van der Waals surface area contributed by atoms with Crippen molar-refractivity contribution in [1.29, 1.82) is 0 Å². The van der Waals surface area contributed by atoms with E-state index in [1.807, 2.05) is 6.92 Å². The van der Waals surface area contributed by atoms with Crippen LogP contribution in [0.15, 0.2) is 25.5 Å². The second-order valence-electron chi connectivity index (χ2n) is 13.8. The number of nitrogens with zero attached hydrogens (tertiary/aromatic N) is 10. The first-order valence-electron chi connectivity index (χ1n) is 20.0. The van der Waals surface area contributed by atoms with Gasteiger partial charge < -0.3 is 9.13 Å². The van der Waals surface area contributed by atoms with E-state index in [-0.39, 0.29) is 5.37 Å². The highest BCUT2D eigenvalue weighted by molar-refractivity contribution is 7.80. The fraction of sp³-hybridized carbons (Fsp3) is 0.865. The molecule has 286 valence electrons. The van der Waals surface area contributed by atoms with Crippen LogP contribution in [0.5, 0.6) is 0 Å². The van der Waals surface area contributed by atoms with Crippen molar-refractivity contribution in [3.63, 3.8) is 0 Å². The topological polar surface area (TPSA) is 102 Å². The molecule has 2 rings (SSSR count). The van der Waals surface area contributed by atoms with Crippen LogP contribution in [0.25, 0.3) is 0 Å². The molecular formula is C37H70N10S3. The molecule has 0 radical (unpaired) electrons. The van der Waals surface area contributed by atoms with Gasteiger partial charge in [0.1, 0.15) is 17.0 Å². The summed E-state index contributed by atoms with van der Waals surface area (Å²) in [5.74, 6) is 2.47. The van der Waals surface area contributed by atoms with E-state index in [1.54, 1.807) is 0 Å². The molecule has 2 aromatic heterocycles. The second kappa shape index (κ2) is 29.1. The van der Waals surface area contributed by atoms with Crippen molar-refractivity contribution in [2.24, 2.45) is 15.2 Å². The Labute approximate surface area is 321 Å². The first-order valence-corrected chi connectivity index (χ1v) is 21.4. The summed E-state index contributed by atoms with van der Waals surface area (Å²) in [4.78, 5) is 7.24. The summed E-state index contributed by atoms with van der Waals surface area (Å²) in [5.41, 5.74) is 0. The van der Waals surface area contributed by atoms with Gasteiger partial charge in [0, 0.05) is 19.6 Å². The minimum Gasteiger partial charge on any atom is -0.305 e. The SMILES string of the molecule is CCCCCCCCC/N=C(CN(Cc1nnc(S)n1CCCCCCCCC)Cc1nnc(S)n1CCCCCCCCC)/N=N\C(C)S. The van der Waals surface area contributed by atoms with E-state index >= 15 is 0 Å². The Balaban J connectivity index is 2.20. The smallest absolute Gasteiger partial charge is 0.188 e. The molecule has 0 saturated carbocycles. The Morgan fingerprint density at radius 2 is 1.00 bits per heavy atom. The lowest BCUT2D eigenvalue weighted by molar-refractivity contribution is 0.266. The van der Waals surface area contributed by atoms with Crippen molar-refractivity contribution in [2.45, 2.75) is 204 Å². The molecule has 0 aromatic carbocycles. The van der Waals surface area contributed by atoms with E-state index < -0.39 is 0 Å². The largest absolute Gasteiger partial charge is 0.305 e. The molecule has 10 nitrogen and oxygen atoms in total. The second-order valence-corrected chi connectivity index (χ2v) is 15.3. The van der Waals surface area contributed by atoms with E-state index in [0.29, 0.717) is 35.8 Å². The van der Waals surface area contributed by atoms with Crippen molar-refractivity contribution in [2.75, 3.05) is 13.1 Å². The zero-order chi connectivity index (χ0) is 36.2.